The lowest BCUT2D eigenvalue weighted by atomic mass is 9.83. The summed E-state index contributed by atoms with van der Waals surface area (Å²) in [6.07, 6.45) is 5.48. The Morgan fingerprint density at radius 3 is 2.89 bits per heavy atom. The van der Waals surface area contributed by atoms with Gasteiger partial charge in [-0.1, -0.05) is 18.6 Å². The zero-order valence-electron chi connectivity index (χ0n) is 11.0. The lowest BCUT2D eigenvalue weighted by Crippen LogP contribution is -2.27. The molecule has 0 amide bonds. The van der Waals surface area contributed by atoms with Gasteiger partial charge in [0.05, 0.1) is 12.5 Å². The van der Waals surface area contributed by atoms with E-state index in [9.17, 15) is 5.11 Å². The summed E-state index contributed by atoms with van der Waals surface area (Å²) in [7, 11) is 0. The quantitative estimate of drug-likeness (QED) is 0.918. The van der Waals surface area contributed by atoms with E-state index < -0.39 is 0 Å². The van der Waals surface area contributed by atoms with Gasteiger partial charge in [0.2, 0.25) is 0 Å². The number of oxazole rings is 1. The maximum atomic E-state index is 10.4. The Labute approximate surface area is 112 Å². The van der Waals surface area contributed by atoms with Gasteiger partial charge in [0.1, 0.15) is 5.52 Å². The first-order valence-electron chi connectivity index (χ1n) is 7.32. The van der Waals surface area contributed by atoms with Crippen LogP contribution in [0.15, 0.2) is 28.7 Å². The van der Waals surface area contributed by atoms with E-state index in [0.29, 0.717) is 18.2 Å². The highest BCUT2D eigenvalue weighted by atomic mass is 16.4. The number of para-hydroxylation sites is 2. The normalized spacial score (nSPS) is 31.1. The summed E-state index contributed by atoms with van der Waals surface area (Å²) < 4.78 is 5.71. The molecule has 0 radical (unpaired) electrons. The van der Waals surface area contributed by atoms with E-state index in [4.69, 9.17) is 4.42 Å². The average molecular weight is 257 g/mol. The molecule has 2 aliphatic rings. The van der Waals surface area contributed by atoms with Crippen LogP contribution in [-0.4, -0.2) is 16.2 Å². The van der Waals surface area contributed by atoms with Gasteiger partial charge in [-0.2, -0.15) is 0 Å². The number of benzene rings is 1. The number of aliphatic hydroxyl groups is 1. The van der Waals surface area contributed by atoms with Gasteiger partial charge in [-0.3, -0.25) is 0 Å². The molecule has 2 fully saturated rings. The number of hydrogen-bond donors (Lipinski definition) is 1. The van der Waals surface area contributed by atoms with E-state index in [0.717, 1.165) is 22.9 Å². The van der Waals surface area contributed by atoms with Crippen molar-refractivity contribution in [3.63, 3.8) is 0 Å². The molecule has 100 valence electrons. The third kappa shape index (κ3) is 1.96. The van der Waals surface area contributed by atoms with Crippen LogP contribution in [-0.2, 0) is 6.42 Å². The molecule has 4 unspecified atom stereocenters. The van der Waals surface area contributed by atoms with Gasteiger partial charge in [0.15, 0.2) is 11.5 Å². The molecule has 0 saturated heterocycles. The van der Waals surface area contributed by atoms with Crippen LogP contribution in [0.25, 0.3) is 11.1 Å². The van der Waals surface area contributed by atoms with E-state index in [1.165, 1.54) is 25.7 Å². The van der Waals surface area contributed by atoms with Crippen LogP contribution in [0, 0.1) is 17.8 Å². The molecule has 3 nitrogen and oxygen atoms in total. The van der Waals surface area contributed by atoms with Crippen molar-refractivity contribution in [2.75, 3.05) is 0 Å². The maximum absolute atomic E-state index is 10.4. The van der Waals surface area contributed by atoms with Crippen molar-refractivity contribution < 1.29 is 9.52 Å². The largest absolute Gasteiger partial charge is 0.441 e. The highest BCUT2D eigenvalue weighted by Gasteiger charge is 2.42. The van der Waals surface area contributed by atoms with E-state index in [-0.39, 0.29) is 6.10 Å². The van der Waals surface area contributed by atoms with Crippen molar-refractivity contribution in [3.05, 3.63) is 30.2 Å². The number of rotatable bonds is 3. The molecule has 2 saturated carbocycles. The first kappa shape index (κ1) is 11.5. The molecule has 3 heteroatoms. The van der Waals surface area contributed by atoms with Gasteiger partial charge >= 0.3 is 0 Å². The van der Waals surface area contributed by atoms with Gasteiger partial charge < -0.3 is 9.52 Å². The monoisotopic (exact) mass is 257 g/mol. The summed E-state index contributed by atoms with van der Waals surface area (Å²) in [5.74, 6) is 2.75. The predicted octanol–water partition coefficient (Wildman–Crippen LogP) is 3.17. The van der Waals surface area contributed by atoms with Crippen LogP contribution >= 0.6 is 0 Å². The van der Waals surface area contributed by atoms with E-state index in [1.54, 1.807) is 0 Å². The first-order chi connectivity index (χ1) is 9.29. The molecule has 1 aromatic carbocycles. The van der Waals surface area contributed by atoms with Gasteiger partial charge in [-0.05, 0) is 49.1 Å². The summed E-state index contributed by atoms with van der Waals surface area (Å²) in [5.41, 5.74) is 1.70. The minimum atomic E-state index is -0.289. The van der Waals surface area contributed by atoms with E-state index >= 15 is 0 Å². The van der Waals surface area contributed by atoms with Crippen molar-refractivity contribution >= 4 is 11.1 Å². The topological polar surface area (TPSA) is 46.3 Å². The summed E-state index contributed by atoms with van der Waals surface area (Å²) >= 11 is 0. The van der Waals surface area contributed by atoms with Crippen molar-refractivity contribution in [3.8, 4) is 0 Å². The average Bonchev–Trinajstić information content (AvgIpc) is 3.12. The van der Waals surface area contributed by atoms with Crippen molar-refractivity contribution in [1.82, 2.24) is 4.98 Å². The molecule has 1 aromatic heterocycles. The Kier molecular flexibility index (Phi) is 2.62. The summed E-state index contributed by atoms with van der Waals surface area (Å²) in [4.78, 5) is 4.46. The van der Waals surface area contributed by atoms with Crippen molar-refractivity contribution in [1.29, 1.82) is 0 Å². The molecule has 1 heterocycles. The second-order valence-corrected chi connectivity index (χ2v) is 6.19. The Hall–Kier alpha value is -1.35. The van der Waals surface area contributed by atoms with E-state index in [2.05, 4.69) is 4.98 Å². The third-order valence-electron chi connectivity index (χ3n) is 5.01. The fourth-order valence-electron chi connectivity index (χ4n) is 4.10. The van der Waals surface area contributed by atoms with Crippen LogP contribution in [0.5, 0.6) is 0 Å². The lowest BCUT2D eigenvalue weighted by Gasteiger charge is -2.25. The highest BCUT2D eigenvalue weighted by Crippen LogP contribution is 2.49. The molecule has 2 aromatic rings. The lowest BCUT2D eigenvalue weighted by molar-refractivity contribution is 0.0700. The molecule has 19 heavy (non-hydrogen) atoms. The molecular weight excluding hydrogens is 238 g/mol. The van der Waals surface area contributed by atoms with E-state index in [1.807, 2.05) is 24.3 Å². The molecular formula is C16H19NO2. The van der Waals surface area contributed by atoms with Crippen LogP contribution in [0.2, 0.25) is 0 Å². The van der Waals surface area contributed by atoms with Gasteiger partial charge in [0, 0.05) is 0 Å². The van der Waals surface area contributed by atoms with Gasteiger partial charge in [-0.25, -0.2) is 4.98 Å². The SMILES string of the molecule is OC(Cc1nc2ccccc2o1)C1CC2CCC1C2. The predicted molar refractivity (Wildman–Crippen MR) is 72.7 cm³/mol. The Morgan fingerprint density at radius 2 is 2.16 bits per heavy atom. The molecule has 1 N–H and O–H groups in total. The number of hydrogen-bond acceptors (Lipinski definition) is 3. The van der Waals surface area contributed by atoms with Crippen LogP contribution in [0.1, 0.15) is 31.6 Å². The van der Waals surface area contributed by atoms with Gasteiger partial charge in [0.25, 0.3) is 0 Å². The minimum Gasteiger partial charge on any atom is -0.441 e. The van der Waals surface area contributed by atoms with Crippen LogP contribution in [0.4, 0.5) is 0 Å². The van der Waals surface area contributed by atoms with Crippen molar-refractivity contribution in [2.24, 2.45) is 17.8 Å². The minimum absolute atomic E-state index is 0.289. The molecule has 4 atom stereocenters. The molecule has 2 aliphatic carbocycles. The zero-order valence-corrected chi connectivity index (χ0v) is 11.0. The zero-order chi connectivity index (χ0) is 12.8. The van der Waals surface area contributed by atoms with Gasteiger partial charge in [-0.15, -0.1) is 0 Å². The van der Waals surface area contributed by atoms with Crippen LogP contribution in [0.3, 0.4) is 0 Å². The number of nitrogens with zero attached hydrogens (tertiary/aromatic N) is 1. The second kappa shape index (κ2) is 4.34. The second-order valence-electron chi connectivity index (χ2n) is 6.19. The van der Waals surface area contributed by atoms with Crippen molar-refractivity contribution in [2.45, 2.75) is 38.2 Å². The Bertz CT molecular complexity index is 558. The summed E-state index contributed by atoms with van der Waals surface area (Å²) in [6, 6.07) is 7.78. The van der Waals surface area contributed by atoms with Crippen LogP contribution < -0.4 is 0 Å². The molecule has 2 bridgehead atoms. The number of aromatic nitrogens is 1. The standard InChI is InChI=1S/C16H19NO2/c18-14(12-8-10-5-6-11(12)7-10)9-16-17-13-3-1-2-4-15(13)19-16/h1-4,10-12,14,18H,5-9H2. The number of aliphatic hydroxyl groups excluding tert-OH is 1. The third-order valence-corrected chi connectivity index (χ3v) is 5.01. The smallest absolute Gasteiger partial charge is 0.198 e. The fraction of sp³-hybridized carbons (Fsp3) is 0.562. The summed E-state index contributed by atoms with van der Waals surface area (Å²) in [5, 5.41) is 10.4. The Balaban J connectivity index is 1.51. The summed E-state index contributed by atoms with van der Waals surface area (Å²) in [6.45, 7) is 0. The molecule has 0 aliphatic heterocycles. The Morgan fingerprint density at radius 1 is 1.26 bits per heavy atom. The fourth-order valence-corrected chi connectivity index (χ4v) is 4.10. The number of fused-ring (bicyclic) bond motifs is 3. The molecule has 0 spiro atoms. The maximum Gasteiger partial charge on any atom is 0.198 e. The first-order valence-corrected chi connectivity index (χ1v) is 7.32. The highest BCUT2D eigenvalue weighted by molar-refractivity contribution is 5.72. The molecule has 4 rings (SSSR count).